The Labute approximate surface area is 39.5 Å². The van der Waals surface area contributed by atoms with Gasteiger partial charge in [-0.15, -0.1) is 0 Å². The number of hydrogen-bond donors (Lipinski definition) is 0. The van der Waals surface area contributed by atoms with Crippen molar-refractivity contribution in [1.29, 1.82) is 0 Å². The fourth-order valence-corrected chi connectivity index (χ4v) is 0. The maximum atomic E-state index is 8.50. The minimum atomic E-state index is -2.00. The molecule has 0 heterocycles. The Hall–Kier alpha value is 0.0543. The zero-order valence-corrected chi connectivity index (χ0v) is 4.16. The van der Waals surface area contributed by atoms with Crippen molar-refractivity contribution in [2.75, 3.05) is 0 Å². The fourth-order valence-electron chi connectivity index (χ4n) is 0. The predicted molar refractivity (Wildman–Crippen MR) is 11.3 cm³/mol. The van der Waals surface area contributed by atoms with E-state index in [0.29, 0.717) is 0 Å². The average molecular weight is 107 g/mol. The van der Waals surface area contributed by atoms with Crippen molar-refractivity contribution in [3.63, 3.8) is 0 Å². The molecule has 0 saturated carbocycles. The third-order valence-electron chi connectivity index (χ3n) is 0. The van der Waals surface area contributed by atoms with E-state index in [1.165, 1.54) is 0 Å². The van der Waals surface area contributed by atoms with Gasteiger partial charge in [0.05, 0.1) is 0 Å². The molecule has 0 aliphatic heterocycles. The van der Waals surface area contributed by atoms with Gasteiger partial charge in [0.1, 0.15) is 0 Å². The second-order valence-electron chi connectivity index (χ2n) is 0.0833. The molecule has 3 heteroatoms. The first-order chi connectivity index (χ1) is 2.41. The van der Waals surface area contributed by atoms with Gasteiger partial charge in [0.15, 0.2) is 0 Å². The van der Waals surface area contributed by atoms with Crippen LogP contribution in [0.15, 0.2) is 6.58 Å². The summed E-state index contributed by atoms with van der Waals surface area (Å²) < 4.78 is 17.0. The Balaban J connectivity index is 0. The first-order valence-corrected chi connectivity index (χ1v) is 2.09. The van der Waals surface area contributed by atoms with Crippen molar-refractivity contribution in [1.82, 2.24) is 0 Å². The van der Waals surface area contributed by atoms with Gasteiger partial charge in [-0.25, -0.2) is 0 Å². The van der Waals surface area contributed by atoms with Gasteiger partial charge in [0.25, 0.3) is 0 Å². The molecule has 1 radical (unpaired) electrons. The van der Waals surface area contributed by atoms with E-state index in [1.54, 1.807) is 0 Å². The summed E-state index contributed by atoms with van der Waals surface area (Å²) in [5, 5.41) is 0. The van der Waals surface area contributed by atoms with E-state index < -0.39 is 19.1 Å². The van der Waals surface area contributed by atoms with Crippen molar-refractivity contribution >= 4 is 0 Å². The fraction of sp³-hybridized carbons (Fsp3) is 0. The second-order valence-corrected chi connectivity index (χ2v) is 0.344. The van der Waals surface area contributed by atoms with Crippen LogP contribution >= 0.6 is 0 Å². The molecule has 27 valence electrons. The molecule has 0 rings (SSSR count). The quantitative estimate of drug-likeness (QED) is 0.419. The van der Waals surface area contributed by atoms with Gasteiger partial charge in [-0.2, -0.15) is 0 Å². The molecule has 5 heavy (non-hydrogen) atoms. The summed E-state index contributed by atoms with van der Waals surface area (Å²) in [6, 6.07) is 0. The summed E-state index contributed by atoms with van der Waals surface area (Å²) in [6.07, 6.45) is 0. The second kappa shape index (κ2) is 34.0. The number of rotatable bonds is 0. The first kappa shape index (κ1) is 8.91. The summed E-state index contributed by atoms with van der Waals surface area (Å²) in [6.45, 7) is 7.00. The average Bonchev–Trinajstić information content (AvgIpc) is 1.46. The van der Waals surface area contributed by atoms with Crippen LogP contribution in [0.2, 0.25) is 0 Å². The molecule has 0 bridgehead atoms. The van der Waals surface area contributed by atoms with Gasteiger partial charge in [-0.05, 0) is 0 Å². The van der Waals surface area contributed by atoms with Crippen LogP contribution in [-0.2, 0) is 25.7 Å². The molecule has 0 aromatic rings. The van der Waals surface area contributed by atoms with Crippen LogP contribution in [-0.4, -0.2) is 0 Å². The third-order valence-corrected chi connectivity index (χ3v) is 0. The summed E-state index contributed by atoms with van der Waals surface area (Å²) >= 11 is -2.00. The molecule has 0 unspecified atom stereocenters. The molecular formula is C2H3O2Ti. The van der Waals surface area contributed by atoms with Gasteiger partial charge < -0.3 is 0 Å². The van der Waals surface area contributed by atoms with Gasteiger partial charge in [-0.1, -0.05) is 13.2 Å². The van der Waals surface area contributed by atoms with Crippen LogP contribution < -0.4 is 0 Å². The van der Waals surface area contributed by atoms with Crippen molar-refractivity contribution in [3.8, 4) is 0 Å². The van der Waals surface area contributed by atoms with Crippen molar-refractivity contribution in [3.05, 3.63) is 13.2 Å². The summed E-state index contributed by atoms with van der Waals surface area (Å²) in [7, 11) is 0. The third kappa shape index (κ3) is 5810. The number of hydrogen-bond acceptors (Lipinski definition) is 2. The van der Waals surface area contributed by atoms with E-state index in [0.717, 1.165) is 0 Å². The van der Waals surface area contributed by atoms with Crippen molar-refractivity contribution in [2.45, 2.75) is 0 Å². The van der Waals surface area contributed by atoms with E-state index in [4.69, 9.17) is 6.65 Å². The Morgan fingerprint density at radius 2 is 1.40 bits per heavy atom. The Bertz CT molecular complexity index is 36.9. The normalized spacial score (nSPS) is 2.40. The SMILES string of the molecule is [CH]=C.[O]=[Ti]=[O]. The summed E-state index contributed by atoms with van der Waals surface area (Å²) in [5.74, 6) is 0. The van der Waals surface area contributed by atoms with Gasteiger partial charge in [-0.3, -0.25) is 0 Å². The topological polar surface area (TPSA) is 34.1 Å². The predicted octanol–water partition coefficient (Wildman–Crippen LogP) is 0.365. The van der Waals surface area contributed by atoms with Crippen LogP contribution in [0.5, 0.6) is 0 Å². The zero-order chi connectivity index (χ0) is 4.71. The molecule has 0 spiro atoms. The molecule has 0 saturated heterocycles. The standard InChI is InChI=1S/C2H3.2O.Ti/c1-2;;;/h1H,2H2;;;. The van der Waals surface area contributed by atoms with Gasteiger partial charge in [0.2, 0.25) is 0 Å². The van der Waals surface area contributed by atoms with Crippen LogP contribution in [0, 0.1) is 6.58 Å². The van der Waals surface area contributed by atoms with E-state index in [1.807, 2.05) is 0 Å². The summed E-state index contributed by atoms with van der Waals surface area (Å²) in [5.41, 5.74) is 0. The Kier molecular flexibility index (Phi) is 60.6. The van der Waals surface area contributed by atoms with Crippen LogP contribution in [0.4, 0.5) is 0 Å². The first-order valence-electron chi connectivity index (χ1n) is 0.816. The molecular weight excluding hydrogens is 104 g/mol. The van der Waals surface area contributed by atoms with Crippen molar-refractivity contribution < 1.29 is 25.7 Å². The van der Waals surface area contributed by atoms with Gasteiger partial charge in [0, 0.05) is 0 Å². The molecule has 0 aromatic carbocycles. The zero-order valence-electron chi connectivity index (χ0n) is 2.60. The van der Waals surface area contributed by atoms with Crippen LogP contribution in [0.1, 0.15) is 0 Å². The van der Waals surface area contributed by atoms with Gasteiger partial charge >= 0.3 is 25.7 Å². The Morgan fingerprint density at radius 3 is 1.40 bits per heavy atom. The van der Waals surface area contributed by atoms with Crippen LogP contribution in [0.3, 0.4) is 0 Å². The van der Waals surface area contributed by atoms with E-state index in [2.05, 4.69) is 13.2 Å². The van der Waals surface area contributed by atoms with E-state index >= 15 is 0 Å². The monoisotopic (exact) mass is 107 g/mol. The molecule has 0 amide bonds. The minimum absolute atomic E-state index is 2.00. The summed E-state index contributed by atoms with van der Waals surface area (Å²) in [4.78, 5) is 0. The molecule has 0 fully saturated rings. The molecule has 0 aromatic heterocycles. The molecule has 0 aliphatic carbocycles. The Morgan fingerprint density at radius 1 is 1.40 bits per heavy atom. The van der Waals surface area contributed by atoms with Crippen LogP contribution in [0.25, 0.3) is 0 Å². The maximum absolute atomic E-state index is 8.50. The van der Waals surface area contributed by atoms with E-state index in [-0.39, 0.29) is 0 Å². The molecule has 0 N–H and O–H groups in total. The van der Waals surface area contributed by atoms with E-state index in [9.17, 15) is 0 Å². The molecule has 0 atom stereocenters. The molecule has 2 nitrogen and oxygen atoms in total. The molecule has 0 aliphatic rings. The van der Waals surface area contributed by atoms with Crippen molar-refractivity contribution in [2.24, 2.45) is 0 Å².